The molecule has 5 heteroatoms. The Morgan fingerprint density at radius 2 is 1.88 bits per heavy atom. The third-order valence-corrected chi connectivity index (χ3v) is 5.31. The highest BCUT2D eigenvalue weighted by molar-refractivity contribution is 8.04. The number of thioether (sulfide) groups is 1. The standard InChI is InChI=1S/C21H14O4S/c1-12-10-13(21(23)24)6-8-15(12)17-9-7-14(25-17)11-19-20(22)16-4-2-3-5-18(16)26-19/h2-11H,1H3,(H,23,24)/b19-11+. The van der Waals surface area contributed by atoms with Crippen molar-refractivity contribution < 1.29 is 19.1 Å². The number of carboxylic acids is 1. The summed E-state index contributed by atoms with van der Waals surface area (Å²) in [7, 11) is 0. The maximum Gasteiger partial charge on any atom is 0.335 e. The van der Waals surface area contributed by atoms with Crippen LogP contribution in [0.15, 0.2) is 68.8 Å². The molecule has 0 radical (unpaired) electrons. The van der Waals surface area contributed by atoms with Gasteiger partial charge in [-0.2, -0.15) is 0 Å². The Morgan fingerprint density at radius 1 is 1.08 bits per heavy atom. The highest BCUT2D eigenvalue weighted by Crippen LogP contribution is 2.41. The minimum atomic E-state index is -0.958. The summed E-state index contributed by atoms with van der Waals surface area (Å²) in [6.07, 6.45) is 1.75. The number of carbonyl (C=O) groups excluding carboxylic acids is 1. The first-order valence-corrected chi connectivity index (χ1v) is 8.82. The lowest BCUT2D eigenvalue weighted by Gasteiger charge is -2.04. The van der Waals surface area contributed by atoms with Crippen molar-refractivity contribution in [3.05, 3.63) is 82.0 Å². The van der Waals surface area contributed by atoms with Crippen LogP contribution in [0.3, 0.4) is 0 Å². The van der Waals surface area contributed by atoms with E-state index in [1.54, 1.807) is 24.3 Å². The van der Waals surface area contributed by atoms with Crippen LogP contribution in [0.1, 0.15) is 32.0 Å². The van der Waals surface area contributed by atoms with Gasteiger partial charge in [0.25, 0.3) is 0 Å². The Bertz CT molecular complexity index is 1080. The summed E-state index contributed by atoms with van der Waals surface area (Å²) in [6.45, 7) is 1.84. The number of hydrogen-bond acceptors (Lipinski definition) is 4. The number of Topliss-reactive ketones (excluding diaryl/α,β-unsaturated/α-hetero) is 1. The van der Waals surface area contributed by atoms with Crippen LogP contribution in [-0.2, 0) is 0 Å². The quantitative estimate of drug-likeness (QED) is 0.642. The minimum absolute atomic E-state index is 0.00513. The zero-order valence-electron chi connectivity index (χ0n) is 13.9. The molecular formula is C21H14O4S. The van der Waals surface area contributed by atoms with Gasteiger partial charge in [-0.3, -0.25) is 4.79 Å². The lowest BCUT2D eigenvalue weighted by molar-refractivity contribution is 0.0696. The number of aromatic carboxylic acids is 1. The monoisotopic (exact) mass is 362 g/mol. The van der Waals surface area contributed by atoms with E-state index < -0.39 is 5.97 Å². The molecule has 2 aromatic carbocycles. The van der Waals surface area contributed by atoms with Gasteiger partial charge in [0.2, 0.25) is 5.78 Å². The Balaban J connectivity index is 1.64. The highest BCUT2D eigenvalue weighted by atomic mass is 32.2. The number of rotatable bonds is 3. The molecule has 0 fully saturated rings. The van der Waals surface area contributed by atoms with E-state index >= 15 is 0 Å². The number of hydrogen-bond donors (Lipinski definition) is 1. The third kappa shape index (κ3) is 2.86. The predicted octanol–water partition coefficient (Wildman–Crippen LogP) is 5.28. The molecule has 2 heterocycles. The Kier molecular flexibility index (Phi) is 4.01. The van der Waals surface area contributed by atoms with E-state index in [1.165, 1.54) is 11.8 Å². The molecule has 0 saturated carbocycles. The summed E-state index contributed by atoms with van der Waals surface area (Å²) in [6, 6.07) is 16.1. The lowest BCUT2D eigenvalue weighted by atomic mass is 10.0. The van der Waals surface area contributed by atoms with Crippen molar-refractivity contribution in [3.63, 3.8) is 0 Å². The zero-order valence-corrected chi connectivity index (χ0v) is 14.7. The summed E-state index contributed by atoms with van der Waals surface area (Å²) in [4.78, 5) is 25.1. The van der Waals surface area contributed by atoms with Gasteiger partial charge in [-0.05, 0) is 55.0 Å². The van der Waals surface area contributed by atoms with Gasteiger partial charge in [0.1, 0.15) is 11.5 Å². The number of ketones is 1. The van der Waals surface area contributed by atoms with Crippen LogP contribution in [0.4, 0.5) is 0 Å². The molecule has 0 bridgehead atoms. The maximum atomic E-state index is 12.4. The maximum absolute atomic E-state index is 12.4. The summed E-state index contributed by atoms with van der Waals surface area (Å²) >= 11 is 1.44. The van der Waals surface area contributed by atoms with Gasteiger partial charge in [-0.15, -0.1) is 0 Å². The first-order valence-electron chi connectivity index (χ1n) is 8.00. The van der Waals surface area contributed by atoms with E-state index in [4.69, 9.17) is 9.52 Å². The molecule has 0 unspecified atom stereocenters. The van der Waals surface area contributed by atoms with Gasteiger partial charge in [0, 0.05) is 16.0 Å². The van der Waals surface area contributed by atoms with Crippen molar-refractivity contribution in [2.24, 2.45) is 0 Å². The van der Waals surface area contributed by atoms with E-state index in [2.05, 4.69) is 0 Å². The van der Waals surface area contributed by atoms with Gasteiger partial charge in [0.05, 0.1) is 10.5 Å². The second-order valence-corrected chi connectivity index (χ2v) is 7.06. The largest absolute Gasteiger partial charge is 0.478 e. The zero-order chi connectivity index (χ0) is 18.3. The number of carbonyl (C=O) groups is 2. The van der Waals surface area contributed by atoms with Crippen LogP contribution in [0.5, 0.6) is 0 Å². The van der Waals surface area contributed by atoms with Crippen molar-refractivity contribution in [1.29, 1.82) is 0 Å². The van der Waals surface area contributed by atoms with Crippen molar-refractivity contribution in [2.75, 3.05) is 0 Å². The Morgan fingerprint density at radius 3 is 2.62 bits per heavy atom. The summed E-state index contributed by atoms with van der Waals surface area (Å²) < 4.78 is 5.87. The van der Waals surface area contributed by atoms with Gasteiger partial charge in [0.15, 0.2) is 0 Å². The lowest BCUT2D eigenvalue weighted by Crippen LogP contribution is -1.96. The number of fused-ring (bicyclic) bond motifs is 1. The third-order valence-electron chi connectivity index (χ3n) is 4.21. The van der Waals surface area contributed by atoms with Crippen molar-refractivity contribution in [1.82, 2.24) is 0 Å². The van der Waals surface area contributed by atoms with Crippen molar-refractivity contribution >= 4 is 29.6 Å². The second-order valence-electron chi connectivity index (χ2n) is 5.97. The number of allylic oxidation sites excluding steroid dienone is 1. The molecule has 4 nitrogen and oxygen atoms in total. The molecule has 0 spiro atoms. The van der Waals surface area contributed by atoms with E-state index in [-0.39, 0.29) is 11.3 Å². The summed E-state index contributed by atoms with van der Waals surface area (Å²) in [5, 5.41) is 9.07. The molecule has 26 heavy (non-hydrogen) atoms. The van der Waals surface area contributed by atoms with Crippen molar-refractivity contribution in [3.8, 4) is 11.3 Å². The van der Waals surface area contributed by atoms with Crippen LogP contribution < -0.4 is 0 Å². The van der Waals surface area contributed by atoms with Gasteiger partial charge in [-0.1, -0.05) is 30.0 Å². The average Bonchev–Trinajstić information content (AvgIpc) is 3.21. The molecule has 0 aliphatic carbocycles. The first kappa shape index (κ1) is 16.4. The topological polar surface area (TPSA) is 67.5 Å². The molecule has 1 aliphatic heterocycles. The van der Waals surface area contributed by atoms with Crippen LogP contribution in [0.25, 0.3) is 17.4 Å². The SMILES string of the molecule is Cc1cc(C(=O)O)ccc1-c1ccc(/C=C2/Sc3ccccc3C2=O)o1. The molecule has 0 saturated heterocycles. The van der Waals surface area contributed by atoms with Crippen LogP contribution in [0.2, 0.25) is 0 Å². The van der Waals surface area contributed by atoms with Gasteiger partial charge < -0.3 is 9.52 Å². The Hall–Kier alpha value is -3.05. The molecule has 0 atom stereocenters. The summed E-state index contributed by atoms with van der Waals surface area (Å²) in [5.74, 6) is 0.274. The Labute approximate surface area is 154 Å². The average molecular weight is 362 g/mol. The fourth-order valence-corrected chi connectivity index (χ4v) is 3.95. The van der Waals surface area contributed by atoms with Crippen LogP contribution >= 0.6 is 11.8 Å². The smallest absolute Gasteiger partial charge is 0.335 e. The molecule has 1 aliphatic rings. The molecule has 4 rings (SSSR count). The van der Waals surface area contributed by atoms with Crippen LogP contribution in [-0.4, -0.2) is 16.9 Å². The molecule has 0 amide bonds. The van der Waals surface area contributed by atoms with Gasteiger partial charge in [-0.25, -0.2) is 4.79 Å². The predicted molar refractivity (Wildman–Crippen MR) is 100 cm³/mol. The molecule has 1 N–H and O–H groups in total. The van der Waals surface area contributed by atoms with Gasteiger partial charge >= 0.3 is 5.97 Å². The van der Waals surface area contributed by atoms with E-state index in [0.29, 0.717) is 16.4 Å². The number of aryl methyl sites for hydroxylation is 1. The minimum Gasteiger partial charge on any atom is -0.478 e. The second kappa shape index (κ2) is 6.35. The number of carboxylic acid groups (broad SMARTS) is 1. The number of furan rings is 1. The molecule has 1 aromatic heterocycles. The van der Waals surface area contributed by atoms with Crippen LogP contribution in [0, 0.1) is 6.92 Å². The summed E-state index contributed by atoms with van der Waals surface area (Å²) in [5.41, 5.74) is 2.60. The first-order chi connectivity index (χ1) is 12.5. The molecule has 128 valence electrons. The normalized spacial score (nSPS) is 14.7. The van der Waals surface area contributed by atoms with Crippen molar-refractivity contribution in [2.45, 2.75) is 11.8 Å². The highest BCUT2D eigenvalue weighted by Gasteiger charge is 2.25. The number of benzene rings is 2. The van der Waals surface area contributed by atoms with E-state index in [1.807, 2.05) is 43.3 Å². The molecule has 3 aromatic rings. The fraction of sp³-hybridized carbons (Fsp3) is 0.0476. The van der Waals surface area contributed by atoms with E-state index in [0.717, 1.165) is 21.6 Å². The molecular weight excluding hydrogens is 348 g/mol. The van der Waals surface area contributed by atoms with E-state index in [9.17, 15) is 9.59 Å². The fourth-order valence-electron chi connectivity index (χ4n) is 2.91.